The van der Waals surface area contributed by atoms with Gasteiger partial charge in [-0.3, -0.25) is 4.79 Å². The molecular formula is C18H22ClFN4O+2. The number of nitrogens with zero attached hydrogens (tertiary/aromatic N) is 1. The lowest BCUT2D eigenvalue weighted by Gasteiger charge is -2.29. The molecule has 7 heteroatoms. The fourth-order valence-corrected chi connectivity index (χ4v) is 3.22. The average molecular weight is 365 g/mol. The van der Waals surface area contributed by atoms with Gasteiger partial charge < -0.3 is 15.1 Å². The van der Waals surface area contributed by atoms with Gasteiger partial charge in [-0.1, -0.05) is 23.7 Å². The van der Waals surface area contributed by atoms with E-state index < -0.39 is 0 Å². The molecule has 25 heavy (non-hydrogen) atoms. The average Bonchev–Trinajstić information content (AvgIpc) is 2.59. The Bertz CT molecular complexity index is 717. The number of benzene rings is 1. The maximum Gasteiger partial charge on any atom is 0.280 e. The molecule has 3 N–H and O–H groups in total. The van der Waals surface area contributed by atoms with Crippen LogP contribution < -0.4 is 15.1 Å². The fourth-order valence-electron chi connectivity index (χ4n) is 3.11. The SMILES string of the molecule is O=C(C[NH+]1CC[NH+](Cc2cccc(F)c2)CC1)Nc1ccc(Cl)cn1. The zero-order valence-electron chi connectivity index (χ0n) is 13.9. The number of hydrogen-bond acceptors (Lipinski definition) is 2. The minimum atomic E-state index is -0.186. The van der Waals surface area contributed by atoms with Gasteiger partial charge in [0.15, 0.2) is 6.54 Å². The van der Waals surface area contributed by atoms with E-state index in [1.807, 2.05) is 6.07 Å². The van der Waals surface area contributed by atoms with Gasteiger partial charge in [0, 0.05) is 11.8 Å². The van der Waals surface area contributed by atoms with Crippen molar-refractivity contribution in [2.24, 2.45) is 0 Å². The summed E-state index contributed by atoms with van der Waals surface area (Å²) in [7, 11) is 0. The number of aromatic nitrogens is 1. The van der Waals surface area contributed by atoms with Gasteiger partial charge in [0.2, 0.25) is 0 Å². The van der Waals surface area contributed by atoms with Crippen LogP contribution in [0.3, 0.4) is 0 Å². The van der Waals surface area contributed by atoms with E-state index in [4.69, 9.17) is 11.6 Å². The van der Waals surface area contributed by atoms with Gasteiger partial charge in [-0.15, -0.1) is 0 Å². The van der Waals surface area contributed by atoms with Crippen LogP contribution in [0.15, 0.2) is 42.6 Å². The lowest BCUT2D eigenvalue weighted by atomic mass is 10.2. The van der Waals surface area contributed by atoms with Crippen LogP contribution in [0, 0.1) is 5.82 Å². The molecule has 0 spiro atoms. The Labute approximate surface area is 151 Å². The molecule has 1 aromatic carbocycles. The Morgan fingerprint density at radius 3 is 2.60 bits per heavy atom. The summed E-state index contributed by atoms with van der Waals surface area (Å²) >= 11 is 5.78. The molecular weight excluding hydrogens is 343 g/mol. The van der Waals surface area contributed by atoms with Crippen LogP contribution in [0.2, 0.25) is 5.02 Å². The second kappa shape index (κ2) is 8.38. The molecule has 1 saturated heterocycles. The predicted molar refractivity (Wildman–Crippen MR) is 94.2 cm³/mol. The van der Waals surface area contributed by atoms with E-state index in [2.05, 4.69) is 10.3 Å². The third kappa shape index (κ3) is 5.49. The van der Waals surface area contributed by atoms with E-state index in [1.54, 1.807) is 24.3 Å². The Morgan fingerprint density at radius 2 is 1.92 bits per heavy atom. The normalized spacial score (nSPS) is 20.2. The van der Waals surface area contributed by atoms with E-state index in [0.29, 0.717) is 17.4 Å². The lowest BCUT2D eigenvalue weighted by molar-refractivity contribution is -1.02. The number of halogens is 2. The summed E-state index contributed by atoms with van der Waals surface area (Å²) in [4.78, 5) is 18.9. The number of piperazine rings is 1. The zero-order valence-corrected chi connectivity index (χ0v) is 14.7. The maximum atomic E-state index is 13.3. The smallest absolute Gasteiger partial charge is 0.280 e. The quantitative estimate of drug-likeness (QED) is 0.688. The molecule has 1 amide bonds. The third-order valence-corrected chi connectivity index (χ3v) is 4.64. The largest absolute Gasteiger partial charge is 0.322 e. The molecule has 2 aromatic rings. The highest BCUT2D eigenvalue weighted by molar-refractivity contribution is 6.30. The second-order valence-corrected chi connectivity index (χ2v) is 6.83. The lowest BCUT2D eigenvalue weighted by Crippen LogP contribution is -3.28. The second-order valence-electron chi connectivity index (χ2n) is 6.39. The number of carbonyl (C=O) groups excluding carboxylic acids is 1. The molecule has 1 fully saturated rings. The molecule has 132 valence electrons. The number of quaternary nitrogens is 2. The maximum absolute atomic E-state index is 13.3. The van der Waals surface area contributed by atoms with Crippen LogP contribution in [0.25, 0.3) is 0 Å². The topological polar surface area (TPSA) is 50.9 Å². The Hall–Kier alpha value is -2.02. The van der Waals surface area contributed by atoms with Crippen molar-refractivity contribution in [3.63, 3.8) is 0 Å². The van der Waals surface area contributed by atoms with Crippen molar-refractivity contribution in [3.05, 3.63) is 59.0 Å². The van der Waals surface area contributed by atoms with Gasteiger partial charge in [0.1, 0.15) is 44.4 Å². The van der Waals surface area contributed by atoms with Crippen molar-refractivity contribution < 1.29 is 19.0 Å². The van der Waals surface area contributed by atoms with Gasteiger partial charge in [0.25, 0.3) is 5.91 Å². The number of carbonyl (C=O) groups is 1. The summed E-state index contributed by atoms with van der Waals surface area (Å²) in [6.45, 7) is 5.04. The van der Waals surface area contributed by atoms with Gasteiger partial charge in [-0.2, -0.15) is 0 Å². The molecule has 1 aliphatic heterocycles. The Morgan fingerprint density at radius 1 is 1.16 bits per heavy atom. The highest BCUT2D eigenvalue weighted by Gasteiger charge is 2.25. The van der Waals surface area contributed by atoms with Crippen LogP contribution in [0.4, 0.5) is 10.2 Å². The van der Waals surface area contributed by atoms with Crippen LogP contribution in [0.1, 0.15) is 5.56 Å². The molecule has 1 aromatic heterocycles. The molecule has 0 saturated carbocycles. The number of nitrogens with one attached hydrogen (secondary N) is 3. The highest BCUT2D eigenvalue weighted by Crippen LogP contribution is 2.08. The minimum absolute atomic E-state index is 0.0431. The number of hydrogen-bond donors (Lipinski definition) is 3. The van der Waals surface area contributed by atoms with E-state index in [9.17, 15) is 9.18 Å². The predicted octanol–water partition coefficient (Wildman–Crippen LogP) is -0.204. The van der Waals surface area contributed by atoms with Crippen molar-refractivity contribution in [2.75, 3.05) is 38.0 Å². The number of anilines is 1. The molecule has 0 bridgehead atoms. The fraction of sp³-hybridized carbons (Fsp3) is 0.333. The summed E-state index contributed by atoms with van der Waals surface area (Å²) in [5.41, 5.74) is 1.02. The third-order valence-electron chi connectivity index (χ3n) is 4.41. The Balaban J connectivity index is 1.42. The summed E-state index contributed by atoms with van der Waals surface area (Å²) in [5, 5.41) is 3.34. The molecule has 0 unspecified atom stereocenters. The van der Waals surface area contributed by atoms with Gasteiger partial charge in [-0.25, -0.2) is 9.37 Å². The summed E-state index contributed by atoms with van der Waals surface area (Å²) in [5.74, 6) is 0.288. The Kier molecular flexibility index (Phi) is 5.96. The van der Waals surface area contributed by atoms with Crippen molar-refractivity contribution in [2.45, 2.75) is 6.54 Å². The summed E-state index contributed by atoms with van der Waals surface area (Å²) in [6.07, 6.45) is 1.51. The molecule has 2 heterocycles. The molecule has 0 aliphatic carbocycles. The molecule has 0 radical (unpaired) electrons. The van der Waals surface area contributed by atoms with Gasteiger partial charge in [-0.05, 0) is 24.3 Å². The minimum Gasteiger partial charge on any atom is -0.322 e. The van der Waals surface area contributed by atoms with Crippen molar-refractivity contribution in [1.29, 1.82) is 0 Å². The number of amides is 1. The summed E-state index contributed by atoms with van der Waals surface area (Å²) in [6, 6.07) is 10.2. The van der Waals surface area contributed by atoms with E-state index in [1.165, 1.54) is 22.1 Å². The molecule has 1 aliphatic rings. The van der Waals surface area contributed by atoms with Gasteiger partial charge in [0.05, 0.1) is 5.02 Å². The highest BCUT2D eigenvalue weighted by atomic mass is 35.5. The van der Waals surface area contributed by atoms with Crippen LogP contribution in [0.5, 0.6) is 0 Å². The zero-order chi connectivity index (χ0) is 17.6. The first-order valence-corrected chi connectivity index (χ1v) is 8.79. The standard InChI is InChI=1S/C18H20ClFN4O/c19-15-4-5-17(21-11-15)22-18(25)13-24-8-6-23(7-9-24)12-14-2-1-3-16(20)10-14/h1-5,10-11H,6-9,12-13H2,(H,21,22,25)/p+2. The van der Waals surface area contributed by atoms with Crippen molar-refractivity contribution in [3.8, 4) is 0 Å². The van der Waals surface area contributed by atoms with Crippen LogP contribution in [-0.2, 0) is 11.3 Å². The molecule has 5 nitrogen and oxygen atoms in total. The monoisotopic (exact) mass is 364 g/mol. The first kappa shape index (κ1) is 17.8. The van der Waals surface area contributed by atoms with E-state index >= 15 is 0 Å². The first-order chi connectivity index (χ1) is 12.1. The number of rotatable bonds is 5. The van der Waals surface area contributed by atoms with Crippen molar-refractivity contribution >= 4 is 23.3 Å². The molecule has 0 atom stereocenters. The van der Waals surface area contributed by atoms with Crippen LogP contribution in [-0.4, -0.2) is 43.6 Å². The number of pyridine rings is 1. The van der Waals surface area contributed by atoms with Gasteiger partial charge >= 0.3 is 0 Å². The summed E-state index contributed by atoms with van der Waals surface area (Å²) < 4.78 is 13.3. The van der Waals surface area contributed by atoms with E-state index in [0.717, 1.165) is 38.3 Å². The molecule has 3 rings (SSSR count). The van der Waals surface area contributed by atoms with Crippen molar-refractivity contribution in [1.82, 2.24) is 4.98 Å². The van der Waals surface area contributed by atoms with E-state index in [-0.39, 0.29) is 11.7 Å². The van der Waals surface area contributed by atoms with Crippen LogP contribution >= 0.6 is 11.6 Å². The first-order valence-electron chi connectivity index (χ1n) is 8.41.